The van der Waals surface area contributed by atoms with Gasteiger partial charge in [-0.25, -0.2) is 9.79 Å². The number of carbonyl (C=O) groups is 2. The molecule has 1 fully saturated rings. The van der Waals surface area contributed by atoms with Crippen LogP contribution in [0, 0.1) is 23.7 Å². The molecule has 0 amide bonds. The van der Waals surface area contributed by atoms with Gasteiger partial charge in [-0.15, -0.1) is 0 Å². The second-order valence-electron chi connectivity index (χ2n) is 10.4. The zero-order valence-electron chi connectivity index (χ0n) is 23.4. The van der Waals surface area contributed by atoms with Crippen LogP contribution in [0.5, 0.6) is 0 Å². The van der Waals surface area contributed by atoms with E-state index in [1.54, 1.807) is 11.1 Å². The van der Waals surface area contributed by atoms with Gasteiger partial charge in [-0.1, -0.05) is 19.9 Å². The molecule has 0 spiro atoms. The number of amidine groups is 2. The lowest BCUT2D eigenvalue weighted by atomic mass is 9.81. The summed E-state index contributed by atoms with van der Waals surface area (Å²) in [7, 11) is 0. The number of hydrogen-bond donors (Lipinski definition) is 4. The number of nitrogens with zero attached hydrogens (tertiary/aromatic N) is 5. The summed E-state index contributed by atoms with van der Waals surface area (Å²) in [6.07, 6.45) is 7.14. The molecule has 4 aliphatic rings. The number of aliphatic hydroxyl groups excluding tert-OH is 1. The quantitative estimate of drug-likeness (QED) is 0.0672. The van der Waals surface area contributed by atoms with Crippen LogP contribution >= 0.6 is 11.9 Å². The third-order valence-electron chi connectivity index (χ3n) is 7.47. The van der Waals surface area contributed by atoms with Gasteiger partial charge >= 0.3 is 5.97 Å². The number of carboxylic acids is 1. The highest BCUT2D eigenvalue weighted by Crippen LogP contribution is 2.37. The predicted molar refractivity (Wildman–Crippen MR) is 155 cm³/mol. The van der Waals surface area contributed by atoms with E-state index in [1.807, 2.05) is 39.8 Å². The zero-order chi connectivity index (χ0) is 29.0. The summed E-state index contributed by atoms with van der Waals surface area (Å²) in [5, 5.41) is 22.9. The van der Waals surface area contributed by atoms with Crippen LogP contribution in [0.15, 0.2) is 50.3 Å². The number of carboxylic acid groups (broad SMARTS) is 1. The molecule has 4 unspecified atom stereocenters. The number of aliphatic imine (C=N–C) groups is 2. The molecule has 5 N–H and O–H groups in total. The maximum atomic E-state index is 13.2. The third kappa shape index (κ3) is 6.48. The van der Waals surface area contributed by atoms with E-state index in [9.17, 15) is 19.8 Å². The van der Waals surface area contributed by atoms with E-state index in [2.05, 4.69) is 19.6 Å². The second-order valence-corrected chi connectivity index (χ2v) is 11.5. The first-order valence-electron chi connectivity index (χ1n) is 13.7. The van der Waals surface area contributed by atoms with Crippen molar-refractivity contribution in [2.75, 3.05) is 32.8 Å². The van der Waals surface area contributed by atoms with Crippen molar-refractivity contribution in [1.29, 1.82) is 0 Å². The van der Waals surface area contributed by atoms with E-state index in [4.69, 9.17) is 15.5 Å². The molecule has 0 radical (unpaired) electrons. The highest BCUT2D eigenvalue weighted by Gasteiger charge is 2.45. The number of ether oxygens (including phenoxy) is 1. The molecular formula is C27H39N7O5S. The maximum absolute atomic E-state index is 13.2. The molecule has 0 saturated carbocycles. The molecule has 0 aromatic carbocycles. The molecule has 40 heavy (non-hydrogen) atoms. The van der Waals surface area contributed by atoms with Crippen molar-refractivity contribution in [3.05, 3.63) is 35.9 Å². The maximum Gasteiger partial charge on any atom is 0.340 e. The van der Waals surface area contributed by atoms with Gasteiger partial charge in [0.05, 0.1) is 23.6 Å². The normalized spacial score (nSPS) is 26.8. The highest BCUT2D eigenvalue weighted by molar-refractivity contribution is 7.98. The number of Topliss-reactive ketones (excluding diaryl/α,β-unsaturated/α-hetero) is 1. The fraction of sp³-hybridized carbons (Fsp3) is 0.593. The van der Waals surface area contributed by atoms with E-state index >= 15 is 0 Å². The predicted octanol–water partition coefficient (Wildman–Crippen LogP) is 1.57. The summed E-state index contributed by atoms with van der Waals surface area (Å²) >= 11 is 1.17. The minimum atomic E-state index is -1.27. The van der Waals surface area contributed by atoms with Crippen LogP contribution in [0.3, 0.4) is 0 Å². The third-order valence-corrected chi connectivity index (χ3v) is 8.31. The number of aliphatic hydroxyl groups is 1. The molecule has 4 aliphatic heterocycles. The van der Waals surface area contributed by atoms with Gasteiger partial charge in [-0.05, 0) is 32.3 Å². The Kier molecular flexibility index (Phi) is 9.82. The number of likely N-dealkylation sites (tertiary alicyclic amines) is 1. The van der Waals surface area contributed by atoms with Gasteiger partial charge in [0.15, 0.2) is 11.6 Å². The first-order valence-corrected chi connectivity index (χ1v) is 14.5. The van der Waals surface area contributed by atoms with Gasteiger partial charge in [-0.2, -0.15) is 4.40 Å². The summed E-state index contributed by atoms with van der Waals surface area (Å²) in [5.74, 6) is -1.04. The minimum Gasteiger partial charge on any atom is -0.478 e. The topological polar surface area (TPSA) is 165 Å². The van der Waals surface area contributed by atoms with Crippen LogP contribution in [0.25, 0.3) is 0 Å². The first kappa shape index (κ1) is 30.0. The smallest absolute Gasteiger partial charge is 0.340 e. The number of nitrogens with two attached hydrogens (primary N) is 1. The summed E-state index contributed by atoms with van der Waals surface area (Å²) in [5.41, 5.74) is 6.68. The summed E-state index contributed by atoms with van der Waals surface area (Å²) in [6.45, 7) is 10.7. The van der Waals surface area contributed by atoms with E-state index in [1.165, 1.54) is 18.1 Å². The number of fused-ring (bicyclic) bond motifs is 1. The van der Waals surface area contributed by atoms with Crippen LogP contribution in [-0.2, 0) is 14.3 Å². The summed E-state index contributed by atoms with van der Waals surface area (Å²) < 4.78 is 9.80. The molecule has 0 aliphatic carbocycles. The Labute approximate surface area is 239 Å². The van der Waals surface area contributed by atoms with Gasteiger partial charge in [0, 0.05) is 62.4 Å². The van der Waals surface area contributed by atoms with E-state index in [0.717, 1.165) is 6.42 Å². The number of nitrogens with one attached hydrogen (secondary N) is 1. The average molecular weight is 574 g/mol. The summed E-state index contributed by atoms with van der Waals surface area (Å²) in [6, 6.07) is 0. The molecular weight excluding hydrogens is 534 g/mol. The second kappa shape index (κ2) is 13.1. The molecule has 218 valence electrons. The largest absolute Gasteiger partial charge is 0.478 e. The van der Waals surface area contributed by atoms with Gasteiger partial charge in [0.25, 0.3) is 0 Å². The highest BCUT2D eigenvalue weighted by atomic mass is 32.2. The van der Waals surface area contributed by atoms with Crippen molar-refractivity contribution < 1.29 is 24.5 Å². The monoisotopic (exact) mass is 573 g/mol. The van der Waals surface area contributed by atoms with Crippen LogP contribution in [0.4, 0.5) is 0 Å². The summed E-state index contributed by atoms with van der Waals surface area (Å²) in [4.78, 5) is 38.2. The fourth-order valence-electron chi connectivity index (χ4n) is 5.10. The molecule has 4 heterocycles. The standard InChI is InChI=1S/C27H39N7O5S/c1-5-39-10-9-30-26(36)18-12-33(13-18)20-11-16(3)21-23(35)19(27(37)38)14-34(25(21)31-20)17(4)40-32-24(28)22-15(2)7-6-8-29-22/h6,8,11,14-18,21,26,30,36H,5,7,9-10,12-13H2,1-4H3,(H2,28,32)(H,37,38)/t15-,16?,17?,21?,26?/m0/s1. The number of ketones is 1. The lowest BCUT2D eigenvalue weighted by molar-refractivity contribution is -0.135. The number of rotatable bonds is 12. The lowest BCUT2D eigenvalue weighted by Gasteiger charge is -2.46. The van der Waals surface area contributed by atoms with Crippen LogP contribution in [-0.4, -0.2) is 93.6 Å². The molecule has 0 aromatic rings. The van der Waals surface area contributed by atoms with Crippen molar-refractivity contribution >= 4 is 41.1 Å². The van der Waals surface area contributed by atoms with Crippen molar-refractivity contribution in [3.8, 4) is 0 Å². The molecule has 4 rings (SSSR count). The number of hydrogen-bond acceptors (Lipinski definition) is 11. The Morgan fingerprint density at radius 3 is 2.80 bits per heavy atom. The SMILES string of the molecule is CCOCCNC(O)C1CN(C2=CC(C)C3C(=O)C(C(=O)O)=CN(C(C)S/N=C(\N)C4=NC=CC[C@@H]4C)C3=N2)C1. The minimum absolute atomic E-state index is 0.0325. The molecule has 12 nitrogen and oxygen atoms in total. The van der Waals surface area contributed by atoms with E-state index < -0.39 is 29.3 Å². The lowest BCUT2D eigenvalue weighted by Crippen LogP contribution is -2.56. The van der Waals surface area contributed by atoms with Gasteiger partial charge in [0.2, 0.25) is 0 Å². The Morgan fingerprint density at radius 2 is 2.12 bits per heavy atom. The van der Waals surface area contributed by atoms with Crippen molar-refractivity contribution in [3.63, 3.8) is 0 Å². The van der Waals surface area contributed by atoms with Crippen LogP contribution in [0.1, 0.15) is 34.1 Å². The molecule has 1 saturated heterocycles. The van der Waals surface area contributed by atoms with Gasteiger partial charge < -0.3 is 30.5 Å². The average Bonchev–Trinajstić information content (AvgIpc) is 2.88. The molecule has 13 heteroatoms. The van der Waals surface area contributed by atoms with Crippen molar-refractivity contribution in [1.82, 2.24) is 15.1 Å². The Hall–Kier alpha value is -3.00. The first-order chi connectivity index (χ1) is 19.1. The molecule has 0 bridgehead atoms. The van der Waals surface area contributed by atoms with E-state index in [0.29, 0.717) is 56.1 Å². The molecule has 5 atom stereocenters. The van der Waals surface area contributed by atoms with Crippen molar-refractivity contribution in [2.45, 2.75) is 45.7 Å². The van der Waals surface area contributed by atoms with Crippen LogP contribution < -0.4 is 11.1 Å². The van der Waals surface area contributed by atoms with E-state index in [-0.39, 0.29) is 23.3 Å². The molecule has 0 aromatic heterocycles. The Balaban J connectivity index is 1.51. The Bertz CT molecular complexity index is 1170. The van der Waals surface area contributed by atoms with Crippen molar-refractivity contribution in [2.24, 2.45) is 43.8 Å². The number of aliphatic carboxylic acids is 1. The zero-order valence-corrected chi connectivity index (χ0v) is 24.2. The van der Waals surface area contributed by atoms with Gasteiger partial charge in [-0.3, -0.25) is 15.1 Å². The fourth-order valence-corrected chi connectivity index (χ4v) is 5.73. The van der Waals surface area contributed by atoms with Crippen LogP contribution in [0.2, 0.25) is 0 Å². The Morgan fingerprint density at radius 1 is 1.38 bits per heavy atom. The van der Waals surface area contributed by atoms with Gasteiger partial charge in [0.1, 0.15) is 23.5 Å². The number of allylic oxidation sites excluding steroid dienone is 2. The number of carbonyl (C=O) groups excluding carboxylic acids is 1.